The van der Waals surface area contributed by atoms with Gasteiger partial charge in [0.2, 0.25) is 5.91 Å². The molecule has 0 unspecified atom stereocenters. The highest BCUT2D eigenvalue weighted by molar-refractivity contribution is 5.83. The largest absolute Gasteiger partial charge is 0.481 e. The summed E-state index contributed by atoms with van der Waals surface area (Å²) >= 11 is 0. The molecule has 1 aromatic carbocycles. The van der Waals surface area contributed by atoms with Crippen molar-refractivity contribution < 1.29 is 14.7 Å². The molecule has 104 valence electrons. The molecule has 1 aromatic heterocycles. The van der Waals surface area contributed by atoms with Crippen molar-refractivity contribution in [3.8, 4) is 0 Å². The Balaban J connectivity index is 1.92. The van der Waals surface area contributed by atoms with E-state index in [4.69, 9.17) is 5.11 Å². The van der Waals surface area contributed by atoms with E-state index in [9.17, 15) is 9.59 Å². The Hall–Kier alpha value is -2.43. The standard InChI is InChI=1S/C15H16N2O3/c18-14(17-10-8-15(19)20)6-5-11-7-9-16-13-4-2-1-3-12(11)13/h1-4,7,9H,5-6,8,10H2,(H,17,18)(H,19,20). The number of hydrogen-bond acceptors (Lipinski definition) is 3. The Morgan fingerprint density at radius 1 is 1.15 bits per heavy atom. The summed E-state index contributed by atoms with van der Waals surface area (Å²) in [4.78, 5) is 26.2. The first kappa shape index (κ1) is 14.0. The minimum absolute atomic E-state index is 0.0517. The molecule has 20 heavy (non-hydrogen) atoms. The Bertz CT molecular complexity index is 620. The number of amides is 1. The Morgan fingerprint density at radius 2 is 1.95 bits per heavy atom. The summed E-state index contributed by atoms with van der Waals surface area (Å²) in [5.74, 6) is -1.04. The lowest BCUT2D eigenvalue weighted by Crippen LogP contribution is -2.26. The van der Waals surface area contributed by atoms with Crippen LogP contribution in [0.1, 0.15) is 18.4 Å². The van der Waals surface area contributed by atoms with Crippen LogP contribution < -0.4 is 5.32 Å². The quantitative estimate of drug-likeness (QED) is 0.839. The number of carboxylic acids is 1. The number of nitrogens with zero attached hydrogens (tertiary/aromatic N) is 1. The van der Waals surface area contributed by atoms with Gasteiger partial charge in [-0.3, -0.25) is 14.6 Å². The topological polar surface area (TPSA) is 79.3 Å². The first-order valence-corrected chi connectivity index (χ1v) is 6.48. The number of aliphatic carboxylic acids is 1. The molecule has 0 fully saturated rings. The van der Waals surface area contributed by atoms with Crippen molar-refractivity contribution in [2.24, 2.45) is 0 Å². The van der Waals surface area contributed by atoms with Gasteiger partial charge >= 0.3 is 5.97 Å². The minimum atomic E-state index is -0.912. The highest BCUT2D eigenvalue weighted by Gasteiger charge is 2.06. The monoisotopic (exact) mass is 272 g/mol. The maximum atomic E-state index is 11.6. The van der Waals surface area contributed by atoms with E-state index >= 15 is 0 Å². The summed E-state index contributed by atoms with van der Waals surface area (Å²) in [5.41, 5.74) is 1.99. The van der Waals surface area contributed by atoms with E-state index in [2.05, 4.69) is 10.3 Å². The molecule has 0 radical (unpaired) electrons. The molecule has 0 saturated carbocycles. The van der Waals surface area contributed by atoms with Crippen LogP contribution in [0, 0.1) is 0 Å². The molecule has 0 spiro atoms. The Labute approximate surface area is 116 Å². The molecule has 0 aliphatic rings. The average molecular weight is 272 g/mol. The molecule has 1 amide bonds. The van der Waals surface area contributed by atoms with E-state index in [1.165, 1.54) is 0 Å². The number of carbonyl (C=O) groups excluding carboxylic acids is 1. The summed E-state index contributed by atoms with van der Waals surface area (Å²) in [6.07, 6.45) is 2.64. The molecule has 1 heterocycles. The van der Waals surface area contributed by atoms with E-state index in [0.29, 0.717) is 12.8 Å². The van der Waals surface area contributed by atoms with Crippen LogP contribution in [0.4, 0.5) is 0 Å². The van der Waals surface area contributed by atoms with E-state index in [1.54, 1.807) is 6.20 Å². The van der Waals surface area contributed by atoms with Gasteiger partial charge in [0.15, 0.2) is 0 Å². The molecule has 0 aliphatic heterocycles. The molecule has 5 heteroatoms. The van der Waals surface area contributed by atoms with Gasteiger partial charge in [-0.05, 0) is 24.1 Å². The predicted molar refractivity (Wildman–Crippen MR) is 75.3 cm³/mol. The molecule has 2 rings (SSSR count). The van der Waals surface area contributed by atoms with E-state index < -0.39 is 5.97 Å². The van der Waals surface area contributed by atoms with Crippen molar-refractivity contribution in [1.82, 2.24) is 10.3 Å². The number of aryl methyl sites for hydroxylation is 1. The van der Waals surface area contributed by atoms with E-state index in [0.717, 1.165) is 16.5 Å². The number of aromatic nitrogens is 1. The number of hydrogen-bond donors (Lipinski definition) is 2. The summed E-state index contributed by atoms with van der Waals surface area (Å²) in [6, 6.07) is 9.71. The van der Waals surface area contributed by atoms with E-state index in [1.807, 2.05) is 30.3 Å². The van der Waals surface area contributed by atoms with Gasteiger partial charge in [-0.2, -0.15) is 0 Å². The van der Waals surface area contributed by atoms with Crippen molar-refractivity contribution >= 4 is 22.8 Å². The highest BCUT2D eigenvalue weighted by Crippen LogP contribution is 2.17. The number of carbonyl (C=O) groups is 2. The fourth-order valence-electron chi connectivity index (χ4n) is 2.02. The van der Waals surface area contributed by atoms with Gasteiger partial charge in [-0.15, -0.1) is 0 Å². The van der Waals surface area contributed by atoms with Crippen molar-refractivity contribution in [3.63, 3.8) is 0 Å². The van der Waals surface area contributed by atoms with Crippen LogP contribution in [0.3, 0.4) is 0 Å². The van der Waals surface area contributed by atoms with Crippen LogP contribution in [0.5, 0.6) is 0 Å². The lowest BCUT2D eigenvalue weighted by atomic mass is 10.0. The van der Waals surface area contributed by atoms with Gasteiger partial charge in [0.1, 0.15) is 0 Å². The summed E-state index contributed by atoms with van der Waals surface area (Å²) in [5, 5.41) is 12.1. The molecule has 2 N–H and O–H groups in total. The van der Waals surface area contributed by atoms with Crippen LogP contribution in [-0.4, -0.2) is 28.5 Å². The Kier molecular flexibility index (Phi) is 4.65. The maximum Gasteiger partial charge on any atom is 0.305 e. The second kappa shape index (κ2) is 6.65. The average Bonchev–Trinajstić information content (AvgIpc) is 2.44. The molecule has 5 nitrogen and oxygen atoms in total. The predicted octanol–water partition coefficient (Wildman–Crippen LogP) is 1.76. The smallest absolute Gasteiger partial charge is 0.305 e. The normalized spacial score (nSPS) is 10.4. The lowest BCUT2D eigenvalue weighted by Gasteiger charge is -2.06. The third kappa shape index (κ3) is 3.78. The maximum absolute atomic E-state index is 11.6. The number of nitrogens with one attached hydrogen (secondary N) is 1. The van der Waals surface area contributed by atoms with Crippen molar-refractivity contribution in [2.75, 3.05) is 6.54 Å². The SMILES string of the molecule is O=C(O)CCNC(=O)CCc1ccnc2ccccc12. The molecule has 0 saturated heterocycles. The van der Waals surface area contributed by atoms with Crippen molar-refractivity contribution in [3.05, 3.63) is 42.1 Å². The first-order chi connectivity index (χ1) is 9.66. The summed E-state index contributed by atoms with van der Waals surface area (Å²) in [6.45, 7) is 0.172. The van der Waals surface area contributed by atoms with Crippen LogP contribution in [0.2, 0.25) is 0 Å². The zero-order valence-electron chi connectivity index (χ0n) is 11.0. The number of fused-ring (bicyclic) bond motifs is 1. The zero-order valence-corrected chi connectivity index (χ0v) is 11.0. The number of para-hydroxylation sites is 1. The van der Waals surface area contributed by atoms with Crippen molar-refractivity contribution in [2.45, 2.75) is 19.3 Å². The molecular formula is C15H16N2O3. The fraction of sp³-hybridized carbons (Fsp3) is 0.267. The molecule has 0 atom stereocenters. The Morgan fingerprint density at radius 3 is 2.75 bits per heavy atom. The molecular weight excluding hydrogens is 256 g/mol. The van der Waals surface area contributed by atoms with Gasteiger partial charge in [0, 0.05) is 24.5 Å². The third-order valence-corrected chi connectivity index (χ3v) is 3.02. The first-order valence-electron chi connectivity index (χ1n) is 6.48. The van der Waals surface area contributed by atoms with Gasteiger partial charge < -0.3 is 10.4 Å². The van der Waals surface area contributed by atoms with Crippen LogP contribution >= 0.6 is 0 Å². The number of pyridine rings is 1. The third-order valence-electron chi connectivity index (χ3n) is 3.02. The molecule has 2 aromatic rings. The zero-order chi connectivity index (χ0) is 14.4. The van der Waals surface area contributed by atoms with Crippen LogP contribution in [-0.2, 0) is 16.0 Å². The summed E-state index contributed by atoms with van der Waals surface area (Å²) in [7, 11) is 0. The van der Waals surface area contributed by atoms with Crippen LogP contribution in [0.15, 0.2) is 36.5 Å². The van der Waals surface area contributed by atoms with E-state index in [-0.39, 0.29) is 18.9 Å². The molecule has 0 aliphatic carbocycles. The van der Waals surface area contributed by atoms with Gasteiger partial charge in [0.05, 0.1) is 11.9 Å². The second-order valence-corrected chi connectivity index (χ2v) is 4.48. The second-order valence-electron chi connectivity index (χ2n) is 4.48. The fourth-order valence-corrected chi connectivity index (χ4v) is 2.02. The minimum Gasteiger partial charge on any atom is -0.481 e. The lowest BCUT2D eigenvalue weighted by molar-refractivity contribution is -0.136. The summed E-state index contributed by atoms with van der Waals surface area (Å²) < 4.78 is 0. The number of rotatable bonds is 6. The van der Waals surface area contributed by atoms with Crippen LogP contribution in [0.25, 0.3) is 10.9 Å². The molecule has 0 bridgehead atoms. The van der Waals surface area contributed by atoms with Gasteiger partial charge in [-0.25, -0.2) is 0 Å². The number of benzene rings is 1. The highest BCUT2D eigenvalue weighted by atomic mass is 16.4. The number of carboxylic acid groups (broad SMARTS) is 1. The van der Waals surface area contributed by atoms with Gasteiger partial charge in [0.25, 0.3) is 0 Å². The van der Waals surface area contributed by atoms with Crippen molar-refractivity contribution in [1.29, 1.82) is 0 Å². The van der Waals surface area contributed by atoms with Gasteiger partial charge in [-0.1, -0.05) is 18.2 Å².